The molecule has 0 spiro atoms. The molecule has 1 aliphatic heterocycles. The first kappa shape index (κ1) is 15.3. The van der Waals surface area contributed by atoms with Crippen LogP contribution in [0.3, 0.4) is 0 Å². The van der Waals surface area contributed by atoms with Crippen LogP contribution in [0.1, 0.15) is 5.56 Å². The van der Waals surface area contributed by atoms with Crippen LogP contribution in [0.25, 0.3) is 0 Å². The molecule has 0 radical (unpaired) electrons. The molecule has 0 saturated carbocycles. The van der Waals surface area contributed by atoms with E-state index in [0.717, 1.165) is 11.3 Å². The fourth-order valence-electron chi connectivity index (χ4n) is 2.37. The van der Waals surface area contributed by atoms with E-state index in [1.54, 1.807) is 11.1 Å². The van der Waals surface area contributed by atoms with Crippen molar-refractivity contribution < 1.29 is 9.53 Å². The summed E-state index contributed by atoms with van der Waals surface area (Å²) < 4.78 is 5.25. The van der Waals surface area contributed by atoms with E-state index < -0.39 is 0 Å². The summed E-state index contributed by atoms with van der Waals surface area (Å²) in [5.41, 5.74) is 2.12. The number of amides is 2. The van der Waals surface area contributed by atoms with Gasteiger partial charge in [0.1, 0.15) is 5.82 Å². The maximum absolute atomic E-state index is 12.2. The smallest absolute Gasteiger partial charge is 0.323 e. The highest BCUT2D eigenvalue weighted by atomic mass is 16.5. The molecule has 1 saturated heterocycles. The quantitative estimate of drug-likeness (QED) is 0.910. The molecule has 2 amide bonds. The van der Waals surface area contributed by atoms with E-state index in [1.165, 1.54) is 0 Å². The van der Waals surface area contributed by atoms with Gasteiger partial charge in [0.2, 0.25) is 0 Å². The Kier molecular flexibility index (Phi) is 5.06. The normalized spacial score (nSPS) is 14.3. The maximum atomic E-state index is 12.2. The van der Waals surface area contributed by atoms with Crippen molar-refractivity contribution in [3.8, 4) is 0 Å². The van der Waals surface area contributed by atoms with E-state index in [4.69, 9.17) is 4.74 Å². The standard InChI is InChI=1S/C17H20N4O2/c22-17(21-8-10-23-11-9-21)20-16-12-14(6-7-18-16)13-19-15-4-2-1-3-5-15/h1-7,12,19H,8-11,13H2,(H,18,20,22). The lowest BCUT2D eigenvalue weighted by Gasteiger charge is -2.26. The molecule has 6 heteroatoms. The number of rotatable bonds is 4. The molecular formula is C17H20N4O2. The molecule has 0 aliphatic carbocycles. The molecule has 23 heavy (non-hydrogen) atoms. The van der Waals surface area contributed by atoms with Crippen molar-refractivity contribution in [2.24, 2.45) is 0 Å². The fraction of sp³-hybridized carbons (Fsp3) is 0.294. The van der Waals surface area contributed by atoms with Gasteiger partial charge in [-0.15, -0.1) is 0 Å². The highest BCUT2D eigenvalue weighted by Gasteiger charge is 2.17. The van der Waals surface area contributed by atoms with Crippen LogP contribution in [0, 0.1) is 0 Å². The van der Waals surface area contributed by atoms with Gasteiger partial charge in [0.05, 0.1) is 13.2 Å². The first-order valence-electron chi connectivity index (χ1n) is 7.69. The minimum atomic E-state index is -0.131. The van der Waals surface area contributed by atoms with E-state index in [9.17, 15) is 4.79 Å². The van der Waals surface area contributed by atoms with Gasteiger partial charge in [0, 0.05) is 31.5 Å². The minimum absolute atomic E-state index is 0.131. The predicted octanol–water partition coefficient (Wildman–Crippen LogP) is 2.56. The van der Waals surface area contributed by atoms with Crippen molar-refractivity contribution in [1.29, 1.82) is 0 Å². The van der Waals surface area contributed by atoms with Gasteiger partial charge in [-0.3, -0.25) is 5.32 Å². The van der Waals surface area contributed by atoms with Crippen LogP contribution in [-0.2, 0) is 11.3 Å². The van der Waals surface area contributed by atoms with Crippen LogP contribution in [0.15, 0.2) is 48.7 Å². The van der Waals surface area contributed by atoms with Crippen molar-refractivity contribution in [3.63, 3.8) is 0 Å². The molecule has 3 rings (SSSR count). The van der Waals surface area contributed by atoms with Crippen molar-refractivity contribution in [2.45, 2.75) is 6.54 Å². The van der Waals surface area contributed by atoms with Crippen LogP contribution in [0.5, 0.6) is 0 Å². The number of benzene rings is 1. The number of carbonyl (C=O) groups excluding carboxylic acids is 1. The highest BCUT2D eigenvalue weighted by molar-refractivity contribution is 5.88. The summed E-state index contributed by atoms with van der Waals surface area (Å²) in [5.74, 6) is 0.564. The zero-order valence-corrected chi connectivity index (χ0v) is 12.9. The first-order chi connectivity index (χ1) is 11.3. The Labute approximate surface area is 135 Å². The van der Waals surface area contributed by atoms with Crippen molar-refractivity contribution in [1.82, 2.24) is 9.88 Å². The number of nitrogens with zero attached hydrogens (tertiary/aromatic N) is 2. The second kappa shape index (κ2) is 7.60. The predicted molar refractivity (Wildman–Crippen MR) is 89.4 cm³/mol. The molecular weight excluding hydrogens is 292 g/mol. The summed E-state index contributed by atoms with van der Waals surface area (Å²) in [5, 5.41) is 6.18. The Morgan fingerprint density at radius 3 is 2.74 bits per heavy atom. The molecule has 1 aliphatic rings. The lowest BCUT2D eigenvalue weighted by atomic mass is 10.2. The highest BCUT2D eigenvalue weighted by Crippen LogP contribution is 2.12. The third kappa shape index (κ3) is 4.43. The molecule has 2 N–H and O–H groups in total. The molecule has 0 unspecified atom stereocenters. The van der Waals surface area contributed by atoms with E-state index in [1.807, 2.05) is 42.5 Å². The van der Waals surface area contributed by atoms with Crippen molar-refractivity contribution in [3.05, 3.63) is 54.2 Å². The number of nitrogens with one attached hydrogen (secondary N) is 2. The molecule has 0 bridgehead atoms. The number of pyridine rings is 1. The Hall–Kier alpha value is -2.60. The van der Waals surface area contributed by atoms with Gasteiger partial charge in [-0.2, -0.15) is 0 Å². The summed E-state index contributed by atoms with van der Waals surface area (Å²) in [6.07, 6.45) is 1.71. The number of carbonyl (C=O) groups is 1. The second-order valence-electron chi connectivity index (χ2n) is 5.30. The molecule has 2 aromatic rings. The Bertz CT molecular complexity index is 642. The zero-order chi connectivity index (χ0) is 15.9. The number of morpholine rings is 1. The van der Waals surface area contributed by atoms with Crippen molar-refractivity contribution >= 4 is 17.5 Å². The lowest BCUT2D eigenvalue weighted by Crippen LogP contribution is -2.43. The topological polar surface area (TPSA) is 66.5 Å². The summed E-state index contributed by atoms with van der Waals surface area (Å²) >= 11 is 0. The van der Waals surface area contributed by atoms with E-state index in [0.29, 0.717) is 38.7 Å². The largest absolute Gasteiger partial charge is 0.381 e. The number of hydrogen-bond acceptors (Lipinski definition) is 4. The molecule has 1 fully saturated rings. The number of aromatic nitrogens is 1. The minimum Gasteiger partial charge on any atom is -0.381 e. The van der Waals surface area contributed by atoms with Gasteiger partial charge < -0.3 is 15.0 Å². The SMILES string of the molecule is O=C(Nc1cc(CNc2ccccc2)ccn1)N1CCOCC1. The van der Waals surface area contributed by atoms with Gasteiger partial charge in [0.25, 0.3) is 0 Å². The summed E-state index contributed by atoms with van der Waals surface area (Å²) in [6.45, 7) is 3.07. The van der Waals surface area contributed by atoms with Gasteiger partial charge in [-0.05, 0) is 29.8 Å². The number of para-hydroxylation sites is 1. The van der Waals surface area contributed by atoms with Gasteiger partial charge >= 0.3 is 6.03 Å². The molecule has 1 aromatic heterocycles. The Morgan fingerprint density at radius 1 is 1.17 bits per heavy atom. The van der Waals surface area contributed by atoms with Crippen LogP contribution in [0.2, 0.25) is 0 Å². The summed E-state index contributed by atoms with van der Waals surface area (Å²) in [4.78, 5) is 18.1. The van der Waals surface area contributed by atoms with Gasteiger partial charge in [-0.1, -0.05) is 18.2 Å². The van der Waals surface area contributed by atoms with Crippen molar-refractivity contribution in [2.75, 3.05) is 36.9 Å². The second-order valence-corrected chi connectivity index (χ2v) is 5.30. The molecule has 1 aromatic carbocycles. The average molecular weight is 312 g/mol. The molecule has 2 heterocycles. The van der Waals surface area contributed by atoms with Crippen LogP contribution in [0.4, 0.5) is 16.3 Å². The zero-order valence-electron chi connectivity index (χ0n) is 12.9. The number of urea groups is 1. The average Bonchev–Trinajstić information content (AvgIpc) is 2.62. The molecule has 0 atom stereocenters. The van der Waals surface area contributed by atoms with Gasteiger partial charge in [0.15, 0.2) is 0 Å². The van der Waals surface area contributed by atoms with E-state index in [-0.39, 0.29) is 6.03 Å². The summed E-state index contributed by atoms with van der Waals surface area (Å²) in [6, 6.07) is 13.7. The fourth-order valence-corrected chi connectivity index (χ4v) is 2.37. The Morgan fingerprint density at radius 2 is 1.96 bits per heavy atom. The van der Waals surface area contributed by atoms with E-state index in [2.05, 4.69) is 15.6 Å². The maximum Gasteiger partial charge on any atom is 0.323 e. The van der Waals surface area contributed by atoms with Crippen LogP contribution < -0.4 is 10.6 Å². The first-order valence-corrected chi connectivity index (χ1v) is 7.69. The Balaban J connectivity index is 1.57. The molecule has 6 nitrogen and oxygen atoms in total. The third-order valence-electron chi connectivity index (χ3n) is 3.63. The van der Waals surface area contributed by atoms with Crippen LogP contribution >= 0.6 is 0 Å². The summed E-state index contributed by atoms with van der Waals surface area (Å²) in [7, 11) is 0. The monoisotopic (exact) mass is 312 g/mol. The number of anilines is 2. The van der Waals surface area contributed by atoms with Crippen LogP contribution in [-0.4, -0.2) is 42.2 Å². The van der Waals surface area contributed by atoms with E-state index >= 15 is 0 Å². The van der Waals surface area contributed by atoms with Gasteiger partial charge in [-0.25, -0.2) is 9.78 Å². The molecule has 120 valence electrons. The number of hydrogen-bond donors (Lipinski definition) is 2. The number of ether oxygens (including phenoxy) is 1. The third-order valence-corrected chi connectivity index (χ3v) is 3.63. The lowest BCUT2D eigenvalue weighted by molar-refractivity contribution is 0.0564.